The fourth-order valence-corrected chi connectivity index (χ4v) is 2.35. The minimum Gasteiger partial charge on any atom is -0.478 e. The number of pyridine rings is 1. The van der Waals surface area contributed by atoms with E-state index in [1.165, 1.54) is 6.20 Å². The molecule has 1 aromatic carbocycles. The number of hydrogen-bond donors (Lipinski definition) is 2. The number of carboxylic acid groups (broad SMARTS) is 1. The zero-order valence-electron chi connectivity index (χ0n) is 9.59. The molecule has 0 radical (unpaired) electrons. The molecule has 0 aliphatic carbocycles. The zero-order valence-corrected chi connectivity index (χ0v) is 11.2. The Morgan fingerprint density at radius 2 is 2.00 bits per heavy atom. The molecule has 3 aromatic rings. The molecule has 0 spiro atoms. The number of benzene rings is 1. The van der Waals surface area contributed by atoms with Crippen LogP contribution in [-0.2, 0) is 0 Å². The minimum atomic E-state index is -1.03. The Balaban J connectivity index is 2.27. The lowest BCUT2D eigenvalue weighted by Gasteiger charge is -1.98. The molecule has 6 heteroatoms. The molecular weight excluding hydrogens is 310 g/mol. The number of aromatic amines is 1. The lowest BCUT2D eigenvalue weighted by molar-refractivity contribution is 0.0698. The summed E-state index contributed by atoms with van der Waals surface area (Å²) < 4.78 is 0.427. The van der Waals surface area contributed by atoms with Crippen molar-refractivity contribution in [2.45, 2.75) is 0 Å². The van der Waals surface area contributed by atoms with Gasteiger partial charge in [0.15, 0.2) is 5.65 Å². The summed E-state index contributed by atoms with van der Waals surface area (Å²) in [6.45, 7) is 0. The van der Waals surface area contributed by atoms with Gasteiger partial charge in [-0.05, 0) is 15.9 Å². The molecule has 0 saturated carbocycles. The van der Waals surface area contributed by atoms with Crippen LogP contribution in [-0.4, -0.2) is 26.0 Å². The number of carboxylic acids is 1. The largest absolute Gasteiger partial charge is 0.478 e. The molecule has 0 unspecified atom stereocenters. The first kappa shape index (κ1) is 11.9. The van der Waals surface area contributed by atoms with Gasteiger partial charge in [0.1, 0.15) is 16.9 Å². The molecule has 0 aliphatic heterocycles. The van der Waals surface area contributed by atoms with Crippen LogP contribution < -0.4 is 0 Å². The molecule has 2 aromatic heterocycles. The predicted molar refractivity (Wildman–Crippen MR) is 74.0 cm³/mol. The Morgan fingerprint density at radius 1 is 1.26 bits per heavy atom. The molecule has 94 valence electrons. The van der Waals surface area contributed by atoms with Gasteiger partial charge in [0.25, 0.3) is 0 Å². The van der Waals surface area contributed by atoms with Crippen molar-refractivity contribution in [1.29, 1.82) is 0 Å². The average Bonchev–Trinajstić information content (AvgIpc) is 2.83. The van der Waals surface area contributed by atoms with Crippen molar-refractivity contribution in [2.24, 2.45) is 0 Å². The summed E-state index contributed by atoms with van der Waals surface area (Å²) in [6.07, 6.45) is 1.45. The van der Waals surface area contributed by atoms with Crippen molar-refractivity contribution >= 4 is 33.1 Å². The molecule has 0 bridgehead atoms. The molecule has 3 rings (SSSR count). The Bertz CT molecular complexity index is 768. The monoisotopic (exact) mass is 317 g/mol. The highest BCUT2D eigenvalue weighted by Gasteiger charge is 2.17. The van der Waals surface area contributed by atoms with Crippen LogP contribution in [0.2, 0.25) is 0 Å². The normalized spacial score (nSPS) is 10.8. The summed E-state index contributed by atoms with van der Waals surface area (Å²) >= 11 is 3.19. The second-order valence-electron chi connectivity index (χ2n) is 3.94. The standard InChI is InChI=1S/C13H8BrN3O2/c14-8-6-15-12-10(9(8)13(18)19)16-11(17-12)7-4-2-1-3-5-7/h1-6H,(H,18,19)(H,15,16,17). The number of H-pyrrole nitrogens is 1. The van der Waals surface area contributed by atoms with Crippen LogP contribution in [0, 0.1) is 0 Å². The molecule has 0 atom stereocenters. The van der Waals surface area contributed by atoms with Gasteiger partial charge in [-0.3, -0.25) is 0 Å². The SMILES string of the molecule is O=C(O)c1c(Br)cnc2nc(-c3ccccc3)[nH]c12. The van der Waals surface area contributed by atoms with Crippen LogP contribution >= 0.6 is 15.9 Å². The van der Waals surface area contributed by atoms with Crippen molar-refractivity contribution < 1.29 is 9.90 Å². The van der Waals surface area contributed by atoms with E-state index in [0.717, 1.165) is 5.56 Å². The summed E-state index contributed by atoms with van der Waals surface area (Å²) in [7, 11) is 0. The number of imidazole rings is 1. The zero-order chi connectivity index (χ0) is 13.4. The third-order valence-corrected chi connectivity index (χ3v) is 3.34. The molecule has 2 N–H and O–H groups in total. The van der Waals surface area contributed by atoms with E-state index < -0.39 is 5.97 Å². The molecule has 0 fully saturated rings. The fraction of sp³-hybridized carbons (Fsp3) is 0. The van der Waals surface area contributed by atoms with Crippen molar-refractivity contribution in [1.82, 2.24) is 15.0 Å². The summed E-state index contributed by atoms with van der Waals surface area (Å²) in [6, 6.07) is 9.48. The third-order valence-electron chi connectivity index (χ3n) is 2.73. The number of fused-ring (bicyclic) bond motifs is 1. The highest BCUT2D eigenvalue weighted by Crippen LogP contribution is 2.26. The first-order valence-electron chi connectivity index (χ1n) is 5.50. The van der Waals surface area contributed by atoms with Crippen molar-refractivity contribution in [3.8, 4) is 11.4 Å². The Labute approximate surface area is 116 Å². The van der Waals surface area contributed by atoms with E-state index in [1.54, 1.807) is 0 Å². The van der Waals surface area contributed by atoms with E-state index in [4.69, 9.17) is 0 Å². The molecular formula is C13H8BrN3O2. The number of aromatic nitrogens is 3. The smallest absolute Gasteiger partial charge is 0.339 e. The van der Waals surface area contributed by atoms with Gasteiger partial charge >= 0.3 is 5.97 Å². The van der Waals surface area contributed by atoms with Crippen molar-refractivity contribution in [2.75, 3.05) is 0 Å². The quantitative estimate of drug-likeness (QED) is 0.761. The summed E-state index contributed by atoms with van der Waals surface area (Å²) in [5.41, 5.74) is 1.83. The Morgan fingerprint density at radius 3 is 2.68 bits per heavy atom. The summed E-state index contributed by atoms with van der Waals surface area (Å²) in [4.78, 5) is 22.7. The highest BCUT2D eigenvalue weighted by atomic mass is 79.9. The molecule has 19 heavy (non-hydrogen) atoms. The van der Waals surface area contributed by atoms with Crippen molar-refractivity contribution in [3.05, 3.63) is 46.6 Å². The van der Waals surface area contributed by atoms with Crippen LogP contribution in [0.4, 0.5) is 0 Å². The predicted octanol–water partition coefficient (Wildman–Crippen LogP) is 3.09. The Hall–Kier alpha value is -2.21. The average molecular weight is 318 g/mol. The fourth-order valence-electron chi connectivity index (χ4n) is 1.88. The molecule has 0 aliphatic rings. The second-order valence-corrected chi connectivity index (χ2v) is 4.79. The van der Waals surface area contributed by atoms with Gasteiger partial charge in [0.05, 0.1) is 4.47 Å². The van der Waals surface area contributed by atoms with Gasteiger partial charge < -0.3 is 10.1 Å². The highest BCUT2D eigenvalue weighted by molar-refractivity contribution is 9.10. The van der Waals surface area contributed by atoms with Gasteiger partial charge in [-0.25, -0.2) is 14.8 Å². The Kier molecular flexibility index (Phi) is 2.79. The van der Waals surface area contributed by atoms with E-state index in [9.17, 15) is 9.90 Å². The van der Waals surface area contributed by atoms with E-state index in [0.29, 0.717) is 21.5 Å². The van der Waals surface area contributed by atoms with Crippen molar-refractivity contribution in [3.63, 3.8) is 0 Å². The van der Waals surface area contributed by atoms with E-state index in [2.05, 4.69) is 30.9 Å². The number of hydrogen-bond acceptors (Lipinski definition) is 3. The number of halogens is 1. The topological polar surface area (TPSA) is 78.9 Å². The van der Waals surface area contributed by atoms with Crippen LogP contribution in [0.3, 0.4) is 0 Å². The minimum absolute atomic E-state index is 0.139. The van der Waals surface area contributed by atoms with Gasteiger partial charge in [-0.15, -0.1) is 0 Å². The molecule has 0 saturated heterocycles. The van der Waals surface area contributed by atoms with Crippen LogP contribution in [0.5, 0.6) is 0 Å². The van der Waals surface area contributed by atoms with Crippen LogP contribution in [0.1, 0.15) is 10.4 Å². The van der Waals surface area contributed by atoms with Gasteiger partial charge in [-0.2, -0.15) is 0 Å². The molecule has 0 amide bonds. The van der Waals surface area contributed by atoms with E-state index >= 15 is 0 Å². The third kappa shape index (κ3) is 2.00. The maximum Gasteiger partial charge on any atom is 0.339 e. The van der Waals surface area contributed by atoms with Gasteiger partial charge in [-0.1, -0.05) is 30.3 Å². The van der Waals surface area contributed by atoms with E-state index in [1.807, 2.05) is 30.3 Å². The summed E-state index contributed by atoms with van der Waals surface area (Å²) in [5, 5.41) is 9.24. The van der Waals surface area contributed by atoms with E-state index in [-0.39, 0.29) is 5.56 Å². The lowest BCUT2D eigenvalue weighted by atomic mass is 10.2. The van der Waals surface area contributed by atoms with Crippen LogP contribution in [0.15, 0.2) is 41.0 Å². The number of nitrogens with zero attached hydrogens (tertiary/aromatic N) is 2. The second kappa shape index (κ2) is 4.47. The number of aromatic carboxylic acids is 1. The first-order valence-corrected chi connectivity index (χ1v) is 6.29. The number of carbonyl (C=O) groups is 1. The van der Waals surface area contributed by atoms with Crippen LogP contribution in [0.25, 0.3) is 22.6 Å². The maximum atomic E-state index is 11.3. The first-order chi connectivity index (χ1) is 9.16. The molecule has 5 nitrogen and oxygen atoms in total. The number of rotatable bonds is 2. The lowest BCUT2D eigenvalue weighted by Crippen LogP contribution is -2.00. The van der Waals surface area contributed by atoms with Gasteiger partial charge in [0, 0.05) is 11.8 Å². The maximum absolute atomic E-state index is 11.3. The molecule has 2 heterocycles. The number of nitrogens with one attached hydrogen (secondary N) is 1. The summed E-state index contributed by atoms with van der Waals surface area (Å²) in [5.74, 6) is -0.425. The van der Waals surface area contributed by atoms with Gasteiger partial charge in [0.2, 0.25) is 0 Å².